The number of likely N-dealkylation sites (N-methyl/N-ethyl adjacent to an activating group) is 1. The van der Waals surface area contributed by atoms with Gasteiger partial charge in [0, 0.05) is 6.42 Å². The minimum atomic E-state index is -4.62. The minimum Gasteiger partial charge on any atom is -0.756 e. The molecular formula is C72H129N2O6P. The molecule has 0 saturated carbocycles. The van der Waals surface area contributed by atoms with Crippen molar-refractivity contribution in [1.82, 2.24) is 5.32 Å². The normalized spacial score (nSPS) is 14.4. The molecule has 0 aromatic carbocycles. The van der Waals surface area contributed by atoms with Crippen molar-refractivity contribution in [3.63, 3.8) is 0 Å². The summed E-state index contributed by atoms with van der Waals surface area (Å²) in [6, 6.07) is -0.915. The first-order valence-corrected chi connectivity index (χ1v) is 35.2. The summed E-state index contributed by atoms with van der Waals surface area (Å²) >= 11 is 0. The van der Waals surface area contributed by atoms with Gasteiger partial charge in [-0.2, -0.15) is 0 Å². The van der Waals surface area contributed by atoms with Crippen molar-refractivity contribution in [2.24, 2.45) is 0 Å². The van der Waals surface area contributed by atoms with Crippen LogP contribution in [0, 0.1) is 0 Å². The van der Waals surface area contributed by atoms with E-state index in [-0.39, 0.29) is 12.5 Å². The Balaban J connectivity index is 4.05. The number of hydrogen-bond acceptors (Lipinski definition) is 6. The molecular weight excluding hydrogens is 1020 g/mol. The zero-order valence-corrected chi connectivity index (χ0v) is 54.4. The van der Waals surface area contributed by atoms with E-state index in [1.54, 1.807) is 6.08 Å². The molecule has 468 valence electrons. The second-order valence-corrected chi connectivity index (χ2v) is 25.2. The standard InChI is InChI=1S/C72H129N2O6P/c1-6-8-10-12-14-16-18-20-22-24-26-28-29-30-31-32-33-34-35-36-37-38-39-40-41-42-43-44-45-46-48-50-52-54-56-58-60-62-64-66-72(76)73-70(69-80-81(77,78)79-68-67-74(3,4)5)71(75)65-63-61-59-57-55-53-51-49-47-27-25-23-21-19-17-15-13-11-9-7-2/h8,10,14,16,20,22,26,28,30-31,33-34,47,49,55,57,63,65,70-71,75H,6-7,9,11-13,15,17-19,21,23-25,27,29,32,35-46,48,50-54,56,58-62,64,66-69H2,1-5H3,(H-,73,76,77,78)/b10-8-,16-14-,22-20-,28-26-,31-30-,34-33-,49-47+,57-55+,65-63+. The van der Waals surface area contributed by atoms with Crippen LogP contribution >= 0.6 is 7.82 Å². The molecule has 0 aliphatic heterocycles. The van der Waals surface area contributed by atoms with Crippen LogP contribution < -0.4 is 10.2 Å². The van der Waals surface area contributed by atoms with E-state index in [1.807, 2.05) is 27.2 Å². The van der Waals surface area contributed by atoms with Crippen LogP contribution in [0.2, 0.25) is 0 Å². The number of aliphatic hydroxyl groups excluding tert-OH is 1. The number of hydrogen-bond donors (Lipinski definition) is 2. The van der Waals surface area contributed by atoms with Crippen LogP contribution in [-0.2, 0) is 18.4 Å². The first-order chi connectivity index (χ1) is 39.5. The van der Waals surface area contributed by atoms with E-state index >= 15 is 0 Å². The maximum atomic E-state index is 13.0. The van der Waals surface area contributed by atoms with Crippen LogP contribution in [0.4, 0.5) is 0 Å². The van der Waals surface area contributed by atoms with Crippen LogP contribution in [0.1, 0.15) is 290 Å². The molecule has 0 aromatic heterocycles. The van der Waals surface area contributed by atoms with E-state index < -0.39 is 26.6 Å². The summed E-state index contributed by atoms with van der Waals surface area (Å²) in [5.74, 6) is -0.210. The van der Waals surface area contributed by atoms with Crippen LogP contribution in [0.5, 0.6) is 0 Å². The maximum Gasteiger partial charge on any atom is 0.268 e. The van der Waals surface area contributed by atoms with Gasteiger partial charge in [0.1, 0.15) is 13.2 Å². The number of nitrogens with one attached hydrogen (secondary N) is 1. The fourth-order valence-corrected chi connectivity index (χ4v) is 10.2. The summed E-state index contributed by atoms with van der Waals surface area (Å²) in [5.41, 5.74) is 0. The molecule has 0 radical (unpaired) electrons. The van der Waals surface area contributed by atoms with Crippen molar-refractivity contribution in [1.29, 1.82) is 0 Å². The molecule has 2 N–H and O–H groups in total. The van der Waals surface area contributed by atoms with Crippen LogP contribution in [-0.4, -0.2) is 68.5 Å². The quantitative estimate of drug-likeness (QED) is 0.0272. The Hall–Kier alpha value is -2.84. The van der Waals surface area contributed by atoms with Gasteiger partial charge in [-0.3, -0.25) is 9.36 Å². The zero-order valence-electron chi connectivity index (χ0n) is 53.5. The first kappa shape index (κ1) is 78.2. The lowest BCUT2D eigenvalue weighted by Crippen LogP contribution is -2.45. The molecule has 81 heavy (non-hydrogen) atoms. The highest BCUT2D eigenvalue weighted by molar-refractivity contribution is 7.45. The molecule has 8 nitrogen and oxygen atoms in total. The minimum absolute atomic E-state index is 0.0113. The maximum absolute atomic E-state index is 13.0. The Morgan fingerprint density at radius 3 is 1.15 bits per heavy atom. The fourth-order valence-electron chi connectivity index (χ4n) is 9.48. The highest BCUT2D eigenvalue weighted by Gasteiger charge is 2.23. The average Bonchev–Trinajstić information content (AvgIpc) is 3.43. The number of carbonyl (C=O) groups is 1. The number of carbonyl (C=O) groups excluding carboxylic acids is 1. The lowest BCUT2D eigenvalue weighted by atomic mass is 10.0. The Bertz CT molecular complexity index is 1690. The Morgan fingerprint density at radius 1 is 0.444 bits per heavy atom. The number of amides is 1. The summed E-state index contributed by atoms with van der Waals surface area (Å²) in [5, 5.41) is 13.9. The third-order valence-corrected chi connectivity index (χ3v) is 15.7. The van der Waals surface area contributed by atoms with Gasteiger partial charge in [-0.1, -0.05) is 297 Å². The van der Waals surface area contributed by atoms with Crippen molar-refractivity contribution in [2.45, 2.75) is 302 Å². The van der Waals surface area contributed by atoms with E-state index in [0.717, 1.165) is 83.5 Å². The van der Waals surface area contributed by atoms with Crippen molar-refractivity contribution in [2.75, 3.05) is 40.9 Å². The van der Waals surface area contributed by atoms with Gasteiger partial charge >= 0.3 is 0 Å². The van der Waals surface area contributed by atoms with E-state index in [9.17, 15) is 19.4 Å². The number of unbranched alkanes of at least 4 members (excludes halogenated alkanes) is 32. The number of rotatable bonds is 61. The van der Waals surface area contributed by atoms with Gasteiger partial charge in [0.05, 0.1) is 39.9 Å². The molecule has 0 rings (SSSR count). The molecule has 0 aliphatic carbocycles. The van der Waals surface area contributed by atoms with E-state index in [1.165, 1.54) is 186 Å². The number of nitrogens with zero attached hydrogens (tertiary/aromatic N) is 1. The Labute approximate surface area is 501 Å². The molecule has 0 fully saturated rings. The van der Waals surface area contributed by atoms with Crippen molar-refractivity contribution in [3.05, 3.63) is 109 Å². The van der Waals surface area contributed by atoms with E-state index in [2.05, 4.69) is 116 Å². The highest BCUT2D eigenvalue weighted by atomic mass is 31.2. The third-order valence-electron chi connectivity index (χ3n) is 14.7. The second-order valence-electron chi connectivity index (χ2n) is 23.8. The summed E-state index contributed by atoms with van der Waals surface area (Å²) in [6.07, 6.45) is 90.6. The van der Waals surface area contributed by atoms with Gasteiger partial charge in [0.25, 0.3) is 7.82 Å². The monoisotopic (exact) mass is 1150 g/mol. The largest absolute Gasteiger partial charge is 0.756 e. The van der Waals surface area contributed by atoms with Crippen LogP contribution in [0.3, 0.4) is 0 Å². The topological polar surface area (TPSA) is 108 Å². The molecule has 3 atom stereocenters. The molecule has 0 heterocycles. The van der Waals surface area contributed by atoms with Crippen molar-refractivity contribution in [3.8, 4) is 0 Å². The summed E-state index contributed by atoms with van der Waals surface area (Å²) < 4.78 is 23.4. The Morgan fingerprint density at radius 2 is 0.765 bits per heavy atom. The van der Waals surface area contributed by atoms with Crippen molar-refractivity contribution >= 4 is 13.7 Å². The zero-order chi connectivity index (χ0) is 59.1. The predicted molar refractivity (Wildman–Crippen MR) is 352 cm³/mol. The number of quaternary nitrogens is 1. The molecule has 3 unspecified atom stereocenters. The first-order valence-electron chi connectivity index (χ1n) is 33.7. The molecule has 9 heteroatoms. The molecule has 0 spiro atoms. The van der Waals surface area contributed by atoms with E-state index in [4.69, 9.17) is 9.05 Å². The number of aliphatic hydroxyl groups is 1. The van der Waals surface area contributed by atoms with Gasteiger partial charge in [-0.05, 0) is 96.3 Å². The average molecular weight is 1150 g/mol. The fraction of sp³-hybridized carbons (Fsp3) is 0.736. The van der Waals surface area contributed by atoms with Crippen molar-refractivity contribution < 1.29 is 32.9 Å². The summed E-state index contributed by atoms with van der Waals surface area (Å²) in [7, 11) is 1.23. The Kier molecular flexibility index (Phi) is 59.5. The second kappa shape index (κ2) is 61.7. The molecule has 0 bridgehead atoms. The molecule has 0 aliphatic rings. The van der Waals surface area contributed by atoms with Gasteiger partial charge < -0.3 is 28.8 Å². The van der Waals surface area contributed by atoms with Crippen LogP contribution in [0.25, 0.3) is 0 Å². The number of phosphoric acid groups is 1. The lowest BCUT2D eigenvalue weighted by Gasteiger charge is -2.29. The smallest absolute Gasteiger partial charge is 0.268 e. The summed E-state index contributed by atoms with van der Waals surface area (Å²) in [4.78, 5) is 25.6. The SMILES string of the molecule is CC/C=C\C/C=C\C/C=C\C/C=C\C/C=C\C/C=C\CCCCCCCCCCCCCCCCCCCCCCC(=O)NC(COP(=O)([O-])OCC[N+](C)(C)C)C(O)/C=C/CC/C=C/CC/C=C/CCCCCCCCCCCC. The van der Waals surface area contributed by atoms with E-state index in [0.29, 0.717) is 17.4 Å². The van der Waals surface area contributed by atoms with Gasteiger partial charge in [-0.25, -0.2) is 0 Å². The third kappa shape index (κ3) is 64.6. The molecule has 0 aromatic rings. The van der Waals surface area contributed by atoms with Gasteiger partial charge in [0.15, 0.2) is 0 Å². The molecule has 1 amide bonds. The predicted octanol–water partition coefficient (Wildman–Crippen LogP) is 20.9. The number of phosphoric ester groups is 1. The molecule has 0 saturated heterocycles. The lowest BCUT2D eigenvalue weighted by molar-refractivity contribution is -0.870. The van der Waals surface area contributed by atoms with Crippen LogP contribution in [0.15, 0.2) is 109 Å². The van der Waals surface area contributed by atoms with Gasteiger partial charge in [-0.15, -0.1) is 0 Å². The highest BCUT2D eigenvalue weighted by Crippen LogP contribution is 2.38. The van der Waals surface area contributed by atoms with Gasteiger partial charge in [0.2, 0.25) is 5.91 Å². The summed E-state index contributed by atoms with van der Waals surface area (Å²) in [6.45, 7) is 4.52. The number of allylic oxidation sites excluding steroid dienone is 17.